The second-order valence-corrected chi connectivity index (χ2v) is 3.34. The fourth-order valence-electron chi connectivity index (χ4n) is 1.41. The summed E-state index contributed by atoms with van der Waals surface area (Å²) in [6.45, 7) is 0. The average molecular weight is 248 g/mol. The normalized spacial score (nSPS) is 11.9. The van der Waals surface area contributed by atoms with Crippen LogP contribution in [0.4, 0.5) is 0 Å². The molecule has 1 atom stereocenters. The van der Waals surface area contributed by atoms with Gasteiger partial charge in [-0.05, 0) is 6.07 Å². The lowest BCUT2D eigenvalue weighted by molar-refractivity contribution is 0.202. The van der Waals surface area contributed by atoms with Crippen LogP contribution in [0.1, 0.15) is 17.5 Å². The summed E-state index contributed by atoms with van der Waals surface area (Å²) in [7, 11) is 2.92. The van der Waals surface area contributed by atoms with Gasteiger partial charge < -0.3 is 14.6 Å². The third kappa shape index (κ3) is 2.35. The Morgan fingerprint density at radius 1 is 1.22 bits per heavy atom. The molecule has 0 aliphatic heterocycles. The number of aromatic nitrogens is 4. The lowest BCUT2D eigenvalue weighted by atomic mass is 10.2. The zero-order valence-electron chi connectivity index (χ0n) is 9.94. The maximum Gasteiger partial charge on any atom is 0.241 e. The molecule has 0 aliphatic carbocycles. The van der Waals surface area contributed by atoms with Gasteiger partial charge in [0.25, 0.3) is 0 Å². The first-order chi connectivity index (χ1) is 8.76. The van der Waals surface area contributed by atoms with Gasteiger partial charge in [-0.15, -0.1) is 0 Å². The minimum absolute atomic E-state index is 0.195. The van der Waals surface area contributed by atoms with Crippen LogP contribution in [-0.4, -0.2) is 39.3 Å². The summed E-state index contributed by atoms with van der Waals surface area (Å²) >= 11 is 0. The summed E-state index contributed by atoms with van der Waals surface area (Å²) in [4.78, 5) is 15.9. The topological polar surface area (TPSA) is 90.2 Å². The molecule has 2 rings (SSSR count). The van der Waals surface area contributed by atoms with Gasteiger partial charge in [-0.2, -0.15) is 4.98 Å². The lowest BCUT2D eigenvalue weighted by Gasteiger charge is -2.12. The predicted octanol–water partition coefficient (Wildman–Crippen LogP) is 0.365. The fourth-order valence-corrected chi connectivity index (χ4v) is 1.41. The van der Waals surface area contributed by atoms with E-state index in [1.165, 1.54) is 32.9 Å². The molecule has 94 valence electrons. The van der Waals surface area contributed by atoms with Crippen molar-refractivity contribution in [3.63, 3.8) is 0 Å². The van der Waals surface area contributed by atoms with Gasteiger partial charge >= 0.3 is 0 Å². The van der Waals surface area contributed by atoms with Gasteiger partial charge in [-0.25, -0.2) is 15.0 Å². The molecular weight excluding hydrogens is 236 g/mol. The van der Waals surface area contributed by atoms with Crippen molar-refractivity contribution >= 4 is 0 Å². The summed E-state index contributed by atoms with van der Waals surface area (Å²) in [5.74, 6) is 0.506. The van der Waals surface area contributed by atoms with Crippen LogP contribution in [0.2, 0.25) is 0 Å². The van der Waals surface area contributed by atoms with Crippen molar-refractivity contribution in [2.75, 3.05) is 14.2 Å². The quantitative estimate of drug-likeness (QED) is 0.835. The first-order valence-electron chi connectivity index (χ1n) is 5.15. The smallest absolute Gasteiger partial charge is 0.241 e. The first kappa shape index (κ1) is 12.2. The second kappa shape index (κ2) is 5.37. The van der Waals surface area contributed by atoms with Crippen molar-refractivity contribution in [3.05, 3.63) is 36.2 Å². The number of rotatable bonds is 4. The van der Waals surface area contributed by atoms with Crippen LogP contribution in [0.3, 0.4) is 0 Å². The summed E-state index contributed by atoms with van der Waals surface area (Å²) in [6.07, 6.45) is 3.26. The first-order valence-corrected chi connectivity index (χ1v) is 5.15. The molecule has 2 aromatic rings. The van der Waals surface area contributed by atoms with Crippen LogP contribution in [0.15, 0.2) is 24.8 Å². The van der Waals surface area contributed by atoms with Crippen LogP contribution in [0.5, 0.6) is 11.8 Å². The number of ether oxygens (including phenoxy) is 2. The lowest BCUT2D eigenvalue weighted by Crippen LogP contribution is -2.08. The molecule has 7 nitrogen and oxygen atoms in total. The molecule has 0 saturated heterocycles. The second-order valence-electron chi connectivity index (χ2n) is 3.34. The average Bonchev–Trinajstić information content (AvgIpc) is 2.46. The molecule has 0 radical (unpaired) electrons. The van der Waals surface area contributed by atoms with Crippen LogP contribution in [0.25, 0.3) is 0 Å². The molecule has 2 heterocycles. The molecule has 2 aromatic heterocycles. The number of nitrogens with zero attached hydrogens (tertiary/aromatic N) is 4. The van der Waals surface area contributed by atoms with Gasteiger partial charge in [0.15, 0.2) is 0 Å². The Morgan fingerprint density at radius 2 is 2.06 bits per heavy atom. The van der Waals surface area contributed by atoms with Crippen molar-refractivity contribution < 1.29 is 14.6 Å². The SMILES string of the molecule is COc1cnc(C(O)c2ccncn2)c(OC)n1. The van der Waals surface area contributed by atoms with E-state index >= 15 is 0 Å². The third-order valence-corrected chi connectivity index (χ3v) is 2.29. The number of hydrogen-bond donors (Lipinski definition) is 1. The van der Waals surface area contributed by atoms with E-state index in [-0.39, 0.29) is 11.6 Å². The van der Waals surface area contributed by atoms with Gasteiger partial charge in [-0.3, -0.25) is 0 Å². The molecule has 1 unspecified atom stereocenters. The van der Waals surface area contributed by atoms with Gasteiger partial charge in [0.05, 0.1) is 26.1 Å². The Labute approximate surface area is 103 Å². The molecule has 0 fully saturated rings. The Balaban J connectivity index is 2.38. The standard InChI is InChI=1S/C11H12N4O3/c1-17-8-5-13-9(11(15-8)18-2)10(16)7-3-4-12-6-14-7/h3-6,10,16H,1-2H3. The van der Waals surface area contributed by atoms with Gasteiger partial charge in [-0.1, -0.05) is 0 Å². The predicted molar refractivity (Wildman–Crippen MR) is 61.2 cm³/mol. The maximum absolute atomic E-state index is 10.2. The molecule has 1 N–H and O–H groups in total. The highest BCUT2D eigenvalue weighted by Crippen LogP contribution is 2.26. The van der Waals surface area contributed by atoms with E-state index in [4.69, 9.17) is 9.47 Å². The zero-order chi connectivity index (χ0) is 13.0. The molecule has 7 heteroatoms. The van der Waals surface area contributed by atoms with E-state index in [0.29, 0.717) is 11.6 Å². The number of methoxy groups -OCH3 is 2. The molecule has 0 amide bonds. The maximum atomic E-state index is 10.2. The Hall–Kier alpha value is -2.28. The van der Waals surface area contributed by atoms with E-state index in [9.17, 15) is 5.11 Å². The highest BCUT2D eigenvalue weighted by molar-refractivity contribution is 5.29. The van der Waals surface area contributed by atoms with Crippen molar-refractivity contribution in [1.82, 2.24) is 19.9 Å². The molecule has 0 bridgehead atoms. The van der Waals surface area contributed by atoms with Crippen molar-refractivity contribution in [1.29, 1.82) is 0 Å². The third-order valence-electron chi connectivity index (χ3n) is 2.29. The summed E-state index contributed by atoms with van der Waals surface area (Å²) in [5, 5.41) is 10.2. The molecule has 18 heavy (non-hydrogen) atoms. The molecule has 0 spiro atoms. The van der Waals surface area contributed by atoms with Gasteiger partial charge in [0.2, 0.25) is 11.8 Å². The van der Waals surface area contributed by atoms with E-state index in [2.05, 4.69) is 19.9 Å². The van der Waals surface area contributed by atoms with E-state index in [0.717, 1.165) is 0 Å². The molecular formula is C11H12N4O3. The van der Waals surface area contributed by atoms with Crippen LogP contribution in [-0.2, 0) is 0 Å². The van der Waals surface area contributed by atoms with E-state index in [1.54, 1.807) is 6.07 Å². The number of hydrogen-bond acceptors (Lipinski definition) is 7. The van der Waals surface area contributed by atoms with Gasteiger partial charge in [0.1, 0.15) is 18.1 Å². The Morgan fingerprint density at radius 3 is 2.67 bits per heavy atom. The Kier molecular flexibility index (Phi) is 3.63. The minimum Gasteiger partial charge on any atom is -0.480 e. The molecule has 0 saturated carbocycles. The van der Waals surface area contributed by atoms with E-state index < -0.39 is 6.10 Å². The Bertz CT molecular complexity index is 521. The molecule has 0 aromatic carbocycles. The van der Waals surface area contributed by atoms with Gasteiger partial charge in [0, 0.05) is 6.20 Å². The molecule has 0 aliphatic rings. The number of aliphatic hydroxyl groups is 1. The minimum atomic E-state index is -1.03. The van der Waals surface area contributed by atoms with Crippen LogP contribution < -0.4 is 9.47 Å². The highest BCUT2D eigenvalue weighted by atomic mass is 16.5. The summed E-state index contributed by atoms with van der Waals surface area (Å²) in [5.41, 5.74) is 0.694. The summed E-state index contributed by atoms with van der Waals surface area (Å²) in [6, 6.07) is 1.59. The zero-order valence-corrected chi connectivity index (χ0v) is 9.94. The van der Waals surface area contributed by atoms with Crippen LogP contribution >= 0.6 is 0 Å². The fraction of sp³-hybridized carbons (Fsp3) is 0.273. The van der Waals surface area contributed by atoms with Crippen molar-refractivity contribution in [2.45, 2.75) is 6.10 Å². The number of aliphatic hydroxyl groups excluding tert-OH is 1. The highest BCUT2D eigenvalue weighted by Gasteiger charge is 2.20. The van der Waals surface area contributed by atoms with E-state index in [1.807, 2.05) is 0 Å². The van der Waals surface area contributed by atoms with Crippen molar-refractivity contribution in [3.8, 4) is 11.8 Å². The monoisotopic (exact) mass is 248 g/mol. The summed E-state index contributed by atoms with van der Waals surface area (Å²) < 4.78 is 10.0. The largest absolute Gasteiger partial charge is 0.480 e. The van der Waals surface area contributed by atoms with Crippen LogP contribution in [0, 0.1) is 0 Å². The van der Waals surface area contributed by atoms with Crippen molar-refractivity contribution in [2.24, 2.45) is 0 Å².